The maximum Gasteiger partial charge on any atom is 0.316 e. The van der Waals surface area contributed by atoms with Gasteiger partial charge in [0.2, 0.25) is 0 Å². The van der Waals surface area contributed by atoms with E-state index in [1.165, 1.54) is 18.4 Å². The summed E-state index contributed by atoms with van der Waals surface area (Å²) in [5.74, 6) is 0. The highest BCUT2D eigenvalue weighted by Crippen LogP contribution is 2.10. The second kappa shape index (κ2) is 8.97. The molecule has 5 heteroatoms. The molecule has 0 aromatic carbocycles. The largest absolute Gasteiger partial charge is 0.337 e. The van der Waals surface area contributed by atoms with E-state index < -0.39 is 0 Å². The number of amides is 2. The zero-order valence-corrected chi connectivity index (χ0v) is 13.4. The molecule has 1 aliphatic heterocycles. The van der Waals surface area contributed by atoms with Crippen molar-refractivity contribution in [3.8, 4) is 0 Å². The lowest BCUT2D eigenvalue weighted by Crippen LogP contribution is -2.45. The van der Waals surface area contributed by atoms with Crippen LogP contribution in [0.4, 0.5) is 4.79 Å². The van der Waals surface area contributed by atoms with Gasteiger partial charge in [-0.2, -0.15) is 0 Å². The first-order valence-corrected chi connectivity index (χ1v) is 7.53. The van der Waals surface area contributed by atoms with Gasteiger partial charge < -0.3 is 15.5 Å². The van der Waals surface area contributed by atoms with Crippen molar-refractivity contribution < 1.29 is 4.79 Å². The van der Waals surface area contributed by atoms with Crippen molar-refractivity contribution >= 4 is 6.03 Å². The Morgan fingerprint density at radius 1 is 1.25 bits per heavy atom. The summed E-state index contributed by atoms with van der Waals surface area (Å²) in [6, 6.07) is 0.567. The van der Waals surface area contributed by atoms with Crippen LogP contribution in [0.15, 0.2) is 11.6 Å². The first-order chi connectivity index (χ1) is 9.49. The molecule has 1 rings (SSSR count). The van der Waals surface area contributed by atoms with Gasteiger partial charge in [-0.15, -0.1) is 0 Å². The standard InChI is InChI=1S/C15H30N4O/c1-13(2)5-10-19-11-6-14(7-12-19)16-8-9-17-15(20)18(3)4/h5,14,16H,6-12H2,1-4H3,(H,17,20). The maximum atomic E-state index is 11.3. The van der Waals surface area contributed by atoms with Crippen LogP contribution < -0.4 is 10.6 Å². The maximum absolute atomic E-state index is 11.3. The van der Waals surface area contributed by atoms with E-state index in [-0.39, 0.29) is 6.03 Å². The lowest BCUT2D eigenvalue weighted by atomic mass is 10.0. The molecule has 0 aromatic heterocycles. The summed E-state index contributed by atoms with van der Waals surface area (Å²) in [6.07, 6.45) is 4.68. The minimum Gasteiger partial charge on any atom is -0.337 e. The van der Waals surface area contributed by atoms with E-state index in [0.29, 0.717) is 12.6 Å². The highest BCUT2D eigenvalue weighted by atomic mass is 16.2. The molecular formula is C15H30N4O. The fourth-order valence-corrected chi connectivity index (χ4v) is 2.24. The first kappa shape index (κ1) is 17.0. The van der Waals surface area contributed by atoms with E-state index in [4.69, 9.17) is 0 Å². The lowest BCUT2D eigenvalue weighted by molar-refractivity contribution is 0.210. The Morgan fingerprint density at radius 2 is 1.90 bits per heavy atom. The Morgan fingerprint density at radius 3 is 2.45 bits per heavy atom. The van der Waals surface area contributed by atoms with E-state index in [1.807, 2.05) is 0 Å². The Bertz CT molecular complexity index is 316. The Balaban J connectivity index is 2.08. The average Bonchev–Trinajstić information content (AvgIpc) is 2.42. The molecule has 0 aliphatic carbocycles. The summed E-state index contributed by atoms with van der Waals surface area (Å²) < 4.78 is 0. The van der Waals surface area contributed by atoms with Gasteiger partial charge in [0.25, 0.3) is 0 Å². The molecule has 0 aromatic rings. The van der Waals surface area contributed by atoms with Crippen LogP contribution >= 0.6 is 0 Å². The van der Waals surface area contributed by atoms with Crippen molar-refractivity contribution in [2.24, 2.45) is 0 Å². The van der Waals surface area contributed by atoms with E-state index in [0.717, 1.165) is 26.2 Å². The molecule has 0 saturated carbocycles. The number of hydrogen-bond donors (Lipinski definition) is 2. The van der Waals surface area contributed by atoms with E-state index >= 15 is 0 Å². The molecule has 116 valence electrons. The number of likely N-dealkylation sites (tertiary alicyclic amines) is 1. The summed E-state index contributed by atoms with van der Waals surface area (Å²) in [5, 5.41) is 6.40. The fraction of sp³-hybridized carbons (Fsp3) is 0.800. The molecule has 0 atom stereocenters. The summed E-state index contributed by atoms with van der Waals surface area (Å²) in [7, 11) is 3.51. The van der Waals surface area contributed by atoms with Gasteiger partial charge in [-0.1, -0.05) is 11.6 Å². The molecule has 0 radical (unpaired) electrons. The molecule has 2 N–H and O–H groups in total. The third-order valence-electron chi connectivity index (χ3n) is 3.59. The summed E-state index contributed by atoms with van der Waals surface area (Å²) >= 11 is 0. The van der Waals surface area contributed by atoms with Crippen molar-refractivity contribution in [1.29, 1.82) is 0 Å². The van der Waals surface area contributed by atoms with Crippen LogP contribution in [-0.2, 0) is 0 Å². The van der Waals surface area contributed by atoms with E-state index in [2.05, 4.69) is 35.5 Å². The van der Waals surface area contributed by atoms with Crippen LogP contribution in [0.1, 0.15) is 26.7 Å². The predicted octanol–water partition coefficient (Wildman–Crippen LogP) is 1.28. The van der Waals surface area contributed by atoms with Crippen LogP contribution in [0.2, 0.25) is 0 Å². The monoisotopic (exact) mass is 282 g/mol. The molecule has 0 unspecified atom stereocenters. The minimum atomic E-state index is -0.0247. The Hall–Kier alpha value is -1.07. The van der Waals surface area contributed by atoms with Gasteiger partial charge in [-0.25, -0.2) is 4.79 Å². The van der Waals surface area contributed by atoms with E-state index in [1.54, 1.807) is 19.0 Å². The van der Waals surface area contributed by atoms with Gasteiger partial charge in [-0.3, -0.25) is 4.90 Å². The van der Waals surface area contributed by atoms with Crippen molar-refractivity contribution in [2.45, 2.75) is 32.7 Å². The van der Waals surface area contributed by atoms with Crippen molar-refractivity contribution in [2.75, 3.05) is 46.8 Å². The number of urea groups is 1. The fourth-order valence-electron chi connectivity index (χ4n) is 2.24. The summed E-state index contributed by atoms with van der Waals surface area (Å²) in [4.78, 5) is 15.4. The molecule has 1 heterocycles. The molecule has 5 nitrogen and oxygen atoms in total. The van der Waals surface area contributed by atoms with Gasteiger partial charge in [0.15, 0.2) is 0 Å². The summed E-state index contributed by atoms with van der Waals surface area (Å²) in [6.45, 7) is 9.23. The van der Waals surface area contributed by atoms with Crippen molar-refractivity contribution in [3.05, 3.63) is 11.6 Å². The van der Waals surface area contributed by atoms with Gasteiger partial charge in [0.1, 0.15) is 0 Å². The lowest BCUT2D eigenvalue weighted by Gasteiger charge is -2.31. The Labute approximate surface area is 123 Å². The molecule has 0 bridgehead atoms. The number of nitrogens with one attached hydrogen (secondary N) is 2. The normalized spacial score (nSPS) is 16.8. The number of nitrogens with zero attached hydrogens (tertiary/aromatic N) is 2. The molecule has 20 heavy (non-hydrogen) atoms. The van der Waals surface area contributed by atoms with Crippen LogP contribution in [0, 0.1) is 0 Å². The molecule has 1 aliphatic rings. The summed E-state index contributed by atoms with van der Waals surface area (Å²) in [5.41, 5.74) is 1.39. The number of carbonyl (C=O) groups excluding carboxylic acids is 1. The van der Waals surface area contributed by atoms with Gasteiger partial charge in [-0.05, 0) is 39.8 Å². The van der Waals surface area contributed by atoms with E-state index in [9.17, 15) is 4.79 Å². The zero-order valence-electron chi connectivity index (χ0n) is 13.4. The molecule has 1 fully saturated rings. The first-order valence-electron chi connectivity index (χ1n) is 7.53. The van der Waals surface area contributed by atoms with Gasteiger partial charge in [0.05, 0.1) is 0 Å². The number of rotatable bonds is 6. The minimum absolute atomic E-state index is 0.0247. The molecular weight excluding hydrogens is 252 g/mol. The second-order valence-corrected chi connectivity index (χ2v) is 5.94. The highest BCUT2D eigenvalue weighted by Gasteiger charge is 2.17. The van der Waals surface area contributed by atoms with Gasteiger partial charge in [0, 0.05) is 39.8 Å². The number of piperidine rings is 1. The average molecular weight is 282 g/mol. The van der Waals surface area contributed by atoms with Crippen LogP contribution in [0.3, 0.4) is 0 Å². The molecule has 0 spiro atoms. The number of hydrogen-bond acceptors (Lipinski definition) is 3. The third kappa shape index (κ3) is 6.91. The topological polar surface area (TPSA) is 47.6 Å². The SMILES string of the molecule is CC(C)=CCN1CCC(NCCNC(=O)N(C)C)CC1. The van der Waals surface area contributed by atoms with Crippen LogP contribution in [0.5, 0.6) is 0 Å². The number of allylic oxidation sites excluding steroid dienone is 1. The van der Waals surface area contributed by atoms with Crippen molar-refractivity contribution in [1.82, 2.24) is 20.4 Å². The van der Waals surface area contributed by atoms with Gasteiger partial charge >= 0.3 is 6.03 Å². The quantitative estimate of drug-likeness (QED) is 0.570. The molecule has 2 amide bonds. The van der Waals surface area contributed by atoms with Crippen LogP contribution in [0.25, 0.3) is 0 Å². The third-order valence-corrected chi connectivity index (χ3v) is 3.59. The van der Waals surface area contributed by atoms with Crippen LogP contribution in [-0.4, -0.2) is 68.7 Å². The smallest absolute Gasteiger partial charge is 0.316 e. The molecule has 1 saturated heterocycles. The zero-order chi connectivity index (χ0) is 15.0. The second-order valence-electron chi connectivity index (χ2n) is 5.94. The number of carbonyl (C=O) groups is 1. The van der Waals surface area contributed by atoms with Crippen molar-refractivity contribution in [3.63, 3.8) is 0 Å². The Kier molecular flexibility index (Phi) is 7.62. The predicted molar refractivity (Wildman–Crippen MR) is 84.0 cm³/mol. The highest BCUT2D eigenvalue weighted by molar-refractivity contribution is 5.73.